The van der Waals surface area contributed by atoms with Crippen LogP contribution in [0.3, 0.4) is 0 Å². The minimum Gasteiger partial charge on any atom is -0.478 e. The quantitative estimate of drug-likeness (QED) is 0.0140. The van der Waals surface area contributed by atoms with Crippen LogP contribution in [0, 0.1) is 39.4 Å². The van der Waals surface area contributed by atoms with E-state index in [-0.39, 0.29) is 53.2 Å². The molecular weight excluding hydrogens is 1750 g/mol. The molecular formula is C91H122Cl2N20O13S3. The number of pyridine rings is 6. The second-order valence-corrected chi connectivity index (χ2v) is 43.7. The average molecular weight is 1870 g/mol. The number of aromatic nitrogens is 12. The molecule has 696 valence electrons. The van der Waals surface area contributed by atoms with Gasteiger partial charge in [-0.3, -0.25) is 9.59 Å². The Morgan fingerprint density at radius 2 is 1.08 bits per heavy atom. The first-order valence-corrected chi connectivity index (χ1v) is 49.9. The van der Waals surface area contributed by atoms with E-state index in [0.717, 1.165) is 96.1 Å². The summed E-state index contributed by atoms with van der Waals surface area (Å²) in [4.78, 5) is 65.2. The maximum absolute atomic E-state index is 13.6. The van der Waals surface area contributed by atoms with E-state index in [4.69, 9.17) is 52.6 Å². The van der Waals surface area contributed by atoms with Crippen LogP contribution in [0.4, 0.5) is 23.3 Å². The number of nitrogens with two attached hydrogens (primary N) is 1. The highest BCUT2D eigenvalue weighted by Gasteiger charge is 2.43. The van der Waals surface area contributed by atoms with E-state index in [0.29, 0.717) is 131 Å². The van der Waals surface area contributed by atoms with Crippen molar-refractivity contribution in [3.05, 3.63) is 155 Å². The molecule has 3 atom stereocenters. The molecule has 0 radical (unpaired) electrons. The highest BCUT2D eigenvalue weighted by atomic mass is 35.5. The Kier molecular flexibility index (Phi) is 30.8. The maximum Gasteiger partial charge on any atom is 0.338 e. The second-order valence-electron chi connectivity index (χ2n) is 38.3. The molecule has 12 heterocycles. The molecule has 2 amide bonds. The number of fused-ring (bicyclic) bond motifs is 6. The van der Waals surface area contributed by atoms with E-state index >= 15 is 0 Å². The largest absolute Gasteiger partial charge is 0.478 e. The van der Waals surface area contributed by atoms with Gasteiger partial charge < -0.3 is 45.5 Å². The minimum atomic E-state index is -4.26. The van der Waals surface area contributed by atoms with Crippen LogP contribution in [0.25, 0.3) is 17.5 Å². The fourth-order valence-electron chi connectivity index (χ4n) is 16.9. The van der Waals surface area contributed by atoms with Gasteiger partial charge in [-0.1, -0.05) is 76.0 Å². The lowest BCUT2D eigenvalue weighted by Gasteiger charge is -2.34. The molecule has 9 N–H and O–H groups in total. The van der Waals surface area contributed by atoms with Gasteiger partial charge in [-0.2, -0.15) is 16.8 Å². The highest BCUT2D eigenvalue weighted by Crippen LogP contribution is 2.51. The molecule has 33 nitrogen and oxygen atoms in total. The third kappa shape index (κ3) is 27.7. The van der Waals surface area contributed by atoms with Gasteiger partial charge >= 0.3 is 5.97 Å². The predicted molar refractivity (Wildman–Crippen MR) is 495 cm³/mol. The topological polar surface area (TPSA) is 434 Å². The number of carboxylic acids is 1. The van der Waals surface area contributed by atoms with Crippen molar-refractivity contribution in [2.45, 2.75) is 236 Å². The molecule has 0 aromatic carbocycles. The Morgan fingerprint density at radius 1 is 0.574 bits per heavy atom. The number of aromatic carboxylic acids is 1. The van der Waals surface area contributed by atoms with Crippen molar-refractivity contribution in [2.24, 2.45) is 44.6 Å². The van der Waals surface area contributed by atoms with Crippen LogP contribution in [0.2, 0.25) is 10.3 Å². The lowest BCUT2D eigenvalue weighted by atomic mass is 9.89. The number of carbonyl (C=O) groups excluding carboxylic acids is 2. The summed E-state index contributed by atoms with van der Waals surface area (Å²) >= 11 is 12.2. The van der Waals surface area contributed by atoms with E-state index in [9.17, 15) is 39.6 Å². The van der Waals surface area contributed by atoms with Gasteiger partial charge in [-0.15, -0.1) is 15.3 Å². The summed E-state index contributed by atoms with van der Waals surface area (Å²) in [5, 5.41) is 39.5. The lowest BCUT2D eigenvalue weighted by Crippen LogP contribution is -2.41. The van der Waals surface area contributed by atoms with E-state index in [1.807, 2.05) is 4.72 Å². The standard InChI is InChI=1S/C30H40ClN7O4S.C30H39N7O4S.C16H18ClN3O3.C15H25N3O2S/c1-29(2)19-21(20-33-29)7-5-16-32-23-8-4-9-26(34-23)43(40,41)37-28(39)22-10-11-24(35-27(22)31)38-17-12-25(36-38)42-18-6-13-30(3)14-15-30;1-29(2)19-21-7-5-16-31-23-8-4-9-26(32-23)42(39,40)35-28(38)22-10-11-24(33-27(22)36(29)20-21)37-17-12-25(34-37)41-18-6-13-30(3)14-15-30;1-16(7-8-16)6-2-10-23-13-5-9-20(19-13)12-4-3-11(15(21)22)14(17)18-12;1-15(2)9-8-12(11-15)5-4-10-17-13-6-3-7-14(18-13)21(16,19)20/h4,8-12,17,21,33H,5-7,13-16,18-20H2,1-3H3,(H,32,34)(H,37,39);4,8-12,17,21H,5-7,13-16,18-20H2,1-3H3,(H,31,32)(H,35,38);3-5,9H,2,6-8,10H2,1H3,(H,21,22);3,6-7,12H,4-5,8-11H2,1-2H3,(H,17,18)(H2,16,19,20)/t;21-;;/m.1../s1. The lowest BCUT2D eigenvalue weighted by molar-refractivity contribution is 0.0695. The summed E-state index contributed by atoms with van der Waals surface area (Å²) < 4.78 is 101. The third-order valence-corrected chi connectivity index (χ3v) is 29.0. The maximum atomic E-state index is 13.6. The molecule has 0 spiro atoms. The molecule has 16 rings (SSSR count). The van der Waals surface area contributed by atoms with Crippen molar-refractivity contribution < 1.29 is 59.0 Å². The number of carboxylic acid groups (broad SMARTS) is 1. The van der Waals surface area contributed by atoms with Crippen molar-refractivity contribution in [1.82, 2.24) is 74.0 Å². The molecule has 9 aromatic rings. The van der Waals surface area contributed by atoms with Crippen LogP contribution in [-0.4, -0.2) is 171 Å². The Balaban J connectivity index is 0.000000154. The highest BCUT2D eigenvalue weighted by molar-refractivity contribution is 7.90. The summed E-state index contributed by atoms with van der Waals surface area (Å²) in [6, 6.07) is 28.6. The van der Waals surface area contributed by atoms with E-state index in [1.54, 1.807) is 96.1 Å². The third-order valence-electron chi connectivity index (χ3n) is 25.2. The Labute approximate surface area is 766 Å². The van der Waals surface area contributed by atoms with Crippen LogP contribution < -0.4 is 55.0 Å². The monoisotopic (exact) mass is 1870 g/mol. The molecule has 7 aliphatic rings. The molecule has 2 saturated heterocycles. The number of amides is 2. The fraction of sp³-hybridized carbons (Fsp3) is 0.538. The van der Waals surface area contributed by atoms with Gasteiger partial charge in [0.1, 0.15) is 33.6 Å². The van der Waals surface area contributed by atoms with Crippen molar-refractivity contribution in [3.63, 3.8) is 0 Å². The summed E-state index contributed by atoms with van der Waals surface area (Å²) in [7, 11) is -12.2. The number of sulfonamides is 3. The van der Waals surface area contributed by atoms with Crippen LogP contribution in [0.1, 0.15) is 241 Å². The van der Waals surface area contributed by atoms with Crippen molar-refractivity contribution in [2.75, 3.05) is 73.4 Å². The Morgan fingerprint density at radius 3 is 1.57 bits per heavy atom. The van der Waals surface area contributed by atoms with Crippen LogP contribution in [-0.2, 0) is 30.1 Å². The minimum absolute atomic E-state index is 0.0346. The molecule has 4 aliphatic carbocycles. The summed E-state index contributed by atoms with van der Waals surface area (Å²) in [6.07, 6.45) is 31.6. The molecule has 4 bridgehead atoms. The van der Waals surface area contributed by atoms with Crippen molar-refractivity contribution in [1.29, 1.82) is 0 Å². The summed E-state index contributed by atoms with van der Waals surface area (Å²) in [5.74, 6) is 3.75. The molecule has 6 fully saturated rings. The van der Waals surface area contributed by atoms with E-state index in [1.165, 1.54) is 116 Å². The number of ether oxygens (including phenoxy) is 3. The number of rotatable bonds is 33. The number of carbonyl (C=O) groups is 3. The number of primary sulfonamides is 1. The molecule has 38 heteroatoms. The number of hydrogen-bond donors (Lipinski definition) is 8. The molecule has 2 unspecified atom stereocenters. The number of halogens is 2. The van der Waals surface area contributed by atoms with Gasteiger partial charge in [0.2, 0.25) is 17.6 Å². The van der Waals surface area contributed by atoms with Crippen LogP contribution in [0.5, 0.6) is 17.6 Å². The van der Waals surface area contributed by atoms with Crippen LogP contribution in [0.15, 0.2) is 143 Å². The van der Waals surface area contributed by atoms with E-state index < -0.39 is 47.9 Å². The number of nitrogens with zero attached hydrogens (tertiary/aromatic N) is 13. The average Bonchev–Trinajstić information content (AvgIpc) is 1.65. The normalized spacial score (nSPS) is 19.7. The molecule has 3 aliphatic heterocycles. The number of anilines is 4. The SMILES string of the molecule is CC1(C)CCC(CCCNc2cccc(S(N)(=O)=O)n2)C1.CC1(CCCOc2ccn(-c3ccc(C(=O)NS(=O)(=O)c4cccc(NCCCC5CNC(C)(C)C5)n4)c(Cl)n3)n2)CC1.CC1(CCCOc2ccn(-c3ccc(C(=O)O)c(Cl)n3)n2)CC1.CC1(CCCOc2ccn(-c3ccc4c(n3)N3C[C@H](CCCNc5cccc(n5)S(=O)(=O)NC4=O)CC3(C)C)n2)CC1. The Hall–Kier alpha value is -10.1. The molecule has 9 aromatic heterocycles. The van der Waals surface area contributed by atoms with Gasteiger partial charge in [-0.25, -0.2) is 71.7 Å². The summed E-state index contributed by atoms with van der Waals surface area (Å²) in [6.45, 7) is 26.0. The first-order chi connectivity index (χ1) is 61.2. The van der Waals surface area contributed by atoms with Crippen molar-refractivity contribution in [3.8, 4) is 35.1 Å². The number of hydrogen-bond acceptors (Lipinski definition) is 26. The second kappa shape index (κ2) is 41.1. The Bertz CT molecular complexity index is 5780. The predicted octanol–water partition coefficient (Wildman–Crippen LogP) is 15.8. The zero-order chi connectivity index (χ0) is 92.2. The fourth-order valence-corrected chi connectivity index (χ4v) is 19.7. The zero-order valence-corrected chi connectivity index (χ0v) is 79.0. The summed E-state index contributed by atoms with van der Waals surface area (Å²) in [5.41, 5.74) is 1.96. The van der Waals surface area contributed by atoms with Crippen LogP contribution >= 0.6 is 23.2 Å². The first-order valence-electron chi connectivity index (χ1n) is 44.6. The van der Waals surface area contributed by atoms with E-state index in [2.05, 4.69) is 133 Å². The smallest absolute Gasteiger partial charge is 0.338 e. The zero-order valence-electron chi connectivity index (χ0n) is 75.0. The first kappa shape index (κ1) is 96.4. The van der Waals surface area contributed by atoms with Crippen molar-refractivity contribution >= 4 is 94.3 Å². The molecule has 129 heavy (non-hydrogen) atoms. The molecule has 4 saturated carbocycles. The van der Waals surface area contributed by atoms with Gasteiger partial charge in [-0.05, 0) is 294 Å². The number of nitrogens with one attached hydrogen (secondary N) is 6. The van der Waals surface area contributed by atoms with Gasteiger partial charge in [0.25, 0.3) is 41.9 Å². The van der Waals surface area contributed by atoms with Gasteiger partial charge in [0.05, 0.1) is 36.5 Å². The van der Waals surface area contributed by atoms with Gasteiger partial charge in [0, 0.05) is 74.0 Å². The van der Waals surface area contributed by atoms with Gasteiger partial charge in [0.15, 0.2) is 32.5 Å².